The predicted molar refractivity (Wildman–Crippen MR) is 112 cm³/mol. The van der Waals surface area contributed by atoms with Crippen LogP contribution < -0.4 is 4.90 Å². The summed E-state index contributed by atoms with van der Waals surface area (Å²) >= 11 is 0. The molecule has 4 rings (SSSR count). The molecule has 7 heteroatoms. The molecule has 1 aliphatic rings. The fourth-order valence-corrected chi connectivity index (χ4v) is 3.83. The second-order valence-corrected chi connectivity index (χ2v) is 7.32. The zero-order valence-corrected chi connectivity index (χ0v) is 16.5. The van der Waals surface area contributed by atoms with Crippen molar-refractivity contribution in [1.29, 1.82) is 0 Å². The number of nitrogens with zero attached hydrogens (tertiary/aromatic N) is 4. The molecule has 0 N–H and O–H groups in total. The summed E-state index contributed by atoms with van der Waals surface area (Å²) in [7, 11) is 0. The van der Waals surface area contributed by atoms with Gasteiger partial charge in [-0.3, -0.25) is 14.9 Å². The summed E-state index contributed by atoms with van der Waals surface area (Å²) < 4.78 is 0. The Hall–Kier alpha value is -3.48. The fraction of sp³-hybridized carbons (Fsp3) is 0.273. The smallest absolute Gasteiger partial charge is 0.282 e. The number of aromatic nitrogens is 1. The molecule has 148 valence electrons. The Morgan fingerprint density at radius 3 is 2.45 bits per heavy atom. The third-order valence-corrected chi connectivity index (χ3v) is 5.46. The maximum atomic E-state index is 12.8. The molecule has 0 unspecified atom stereocenters. The van der Waals surface area contributed by atoms with E-state index in [1.807, 2.05) is 6.07 Å². The molecule has 1 saturated heterocycles. The van der Waals surface area contributed by atoms with Crippen LogP contribution >= 0.6 is 0 Å². The number of nitro groups is 1. The summed E-state index contributed by atoms with van der Waals surface area (Å²) in [6.45, 7) is 6.41. The van der Waals surface area contributed by atoms with Crippen LogP contribution in [-0.2, 0) is 0 Å². The molecule has 1 fully saturated rings. The lowest BCUT2D eigenvalue weighted by Crippen LogP contribution is -2.49. The van der Waals surface area contributed by atoms with Gasteiger partial charge in [0, 0.05) is 37.6 Å². The molecule has 2 heterocycles. The monoisotopic (exact) mass is 390 g/mol. The molecule has 7 nitrogen and oxygen atoms in total. The van der Waals surface area contributed by atoms with Crippen LogP contribution in [0.5, 0.6) is 0 Å². The number of nitro benzene ring substituents is 1. The quantitative estimate of drug-likeness (QED) is 0.503. The molecule has 29 heavy (non-hydrogen) atoms. The first kappa shape index (κ1) is 18.9. The average Bonchev–Trinajstić information content (AvgIpc) is 2.74. The topological polar surface area (TPSA) is 79.6 Å². The zero-order valence-electron chi connectivity index (χ0n) is 16.5. The highest BCUT2D eigenvalue weighted by Crippen LogP contribution is 2.26. The summed E-state index contributed by atoms with van der Waals surface area (Å²) in [5.74, 6) is 0.609. The van der Waals surface area contributed by atoms with Crippen LogP contribution in [-0.4, -0.2) is 46.9 Å². The van der Waals surface area contributed by atoms with Crippen molar-refractivity contribution < 1.29 is 9.72 Å². The number of fused-ring (bicyclic) bond motifs is 1. The Labute approximate surface area is 168 Å². The number of piperazine rings is 1. The summed E-state index contributed by atoms with van der Waals surface area (Å²) in [5.41, 5.74) is 3.30. The summed E-state index contributed by atoms with van der Waals surface area (Å²) in [5, 5.41) is 12.4. The summed E-state index contributed by atoms with van der Waals surface area (Å²) in [4.78, 5) is 32.3. The summed E-state index contributed by atoms with van der Waals surface area (Å²) in [6, 6.07) is 14.4. The molecular formula is C22H22N4O3. The molecule has 1 aliphatic heterocycles. The van der Waals surface area contributed by atoms with Gasteiger partial charge in [-0.2, -0.15) is 0 Å². The molecule has 0 aliphatic carbocycles. The molecule has 1 amide bonds. The molecule has 2 aromatic carbocycles. The van der Waals surface area contributed by atoms with Gasteiger partial charge in [0.05, 0.1) is 10.4 Å². The fourth-order valence-electron chi connectivity index (χ4n) is 3.83. The minimum absolute atomic E-state index is 0.140. The number of amides is 1. The predicted octanol–water partition coefficient (Wildman–Crippen LogP) is 3.72. The largest absolute Gasteiger partial charge is 0.353 e. The van der Waals surface area contributed by atoms with Crippen molar-refractivity contribution in [3.8, 4) is 0 Å². The van der Waals surface area contributed by atoms with Crippen molar-refractivity contribution in [1.82, 2.24) is 9.88 Å². The normalized spacial score (nSPS) is 14.3. The van der Waals surface area contributed by atoms with Gasteiger partial charge in [-0.15, -0.1) is 0 Å². The second kappa shape index (κ2) is 7.50. The number of para-hydroxylation sites is 2. The first-order chi connectivity index (χ1) is 14.0. The first-order valence-corrected chi connectivity index (χ1v) is 9.60. The Morgan fingerprint density at radius 1 is 1.00 bits per heavy atom. The molecule has 3 aromatic rings. The number of carbonyl (C=O) groups is 1. The lowest BCUT2D eigenvalue weighted by atomic mass is 10.1. The Bertz CT molecular complexity index is 1100. The van der Waals surface area contributed by atoms with Crippen molar-refractivity contribution in [2.45, 2.75) is 13.8 Å². The van der Waals surface area contributed by atoms with Gasteiger partial charge in [0.1, 0.15) is 11.4 Å². The maximum absolute atomic E-state index is 12.8. The molecular weight excluding hydrogens is 368 g/mol. The molecule has 0 spiro atoms. The van der Waals surface area contributed by atoms with Crippen LogP contribution in [0, 0.1) is 24.0 Å². The molecule has 1 aromatic heterocycles. The van der Waals surface area contributed by atoms with Crippen LogP contribution in [0.1, 0.15) is 21.5 Å². The van der Waals surface area contributed by atoms with E-state index in [4.69, 9.17) is 4.98 Å². The minimum Gasteiger partial charge on any atom is -0.353 e. The van der Waals surface area contributed by atoms with Gasteiger partial charge in [0.2, 0.25) is 0 Å². The van der Waals surface area contributed by atoms with Crippen LogP contribution in [0.25, 0.3) is 10.9 Å². The molecule has 0 saturated carbocycles. The van der Waals surface area contributed by atoms with Gasteiger partial charge in [-0.1, -0.05) is 30.3 Å². The number of anilines is 1. The van der Waals surface area contributed by atoms with Gasteiger partial charge in [-0.05, 0) is 37.1 Å². The van der Waals surface area contributed by atoms with E-state index in [0.717, 1.165) is 22.3 Å². The van der Waals surface area contributed by atoms with E-state index in [-0.39, 0.29) is 17.2 Å². The highest BCUT2D eigenvalue weighted by atomic mass is 16.6. The highest BCUT2D eigenvalue weighted by molar-refractivity contribution is 5.98. The number of pyridine rings is 1. The standard InChI is InChI=1S/C22H22N4O3/c1-15-6-5-8-17-16(2)14-20(23-21(15)17)24-10-12-25(13-11-24)22(27)18-7-3-4-9-19(18)26(28)29/h3-9,14H,10-13H2,1-2H3. The van der Waals surface area contributed by atoms with Gasteiger partial charge in [0.15, 0.2) is 0 Å². The van der Waals surface area contributed by atoms with Crippen molar-refractivity contribution in [2.24, 2.45) is 0 Å². The van der Waals surface area contributed by atoms with E-state index < -0.39 is 4.92 Å². The third-order valence-electron chi connectivity index (χ3n) is 5.46. The number of hydrogen-bond acceptors (Lipinski definition) is 5. The van der Waals surface area contributed by atoms with Crippen LogP contribution in [0.2, 0.25) is 0 Å². The number of rotatable bonds is 3. The molecule has 0 atom stereocenters. The van der Waals surface area contributed by atoms with Crippen LogP contribution in [0.3, 0.4) is 0 Å². The Balaban J connectivity index is 1.53. The van der Waals surface area contributed by atoms with Gasteiger partial charge >= 0.3 is 0 Å². The van der Waals surface area contributed by atoms with E-state index >= 15 is 0 Å². The Kier molecular flexibility index (Phi) is 4.88. The van der Waals surface area contributed by atoms with E-state index in [1.54, 1.807) is 17.0 Å². The number of hydrogen-bond donors (Lipinski definition) is 0. The van der Waals surface area contributed by atoms with E-state index in [2.05, 4.69) is 36.9 Å². The van der Waals surface area contributed by atoms with Crippen molar-refractivity contribution in [2.75, 3.05) is 31.1 Å². The van der Waals surface area contributed by atoms with E-state index in [1.165, 1.54) is 17.7 Å². The van der Waals surface area contributed by atoms with Gasteiger partial charge in [-0.25, -0.2) is 4.98 Å². The number of carbonyl (C=O) groups excluding carboxylic acids is 1. The SMILES string of the molecule is Cc1cc(N2CCN(C(=O)c3ccccc3[N+](=O)[O-])CC2)nc2c(C)cccc12. The maximum Gasteiger partial charge on any atom is 0.282 e. The number of aryl methyl sites for hydroxylation is 2. The van der Waals surface area contributed by atoms with Crippen LogP contribution in [0.4, 0.5) is 11.5 Å². The van der Waals surface area contributed by atoms with E-state index in [0.29, 0.717) is 26.2 Å². The third kappa shape index (κ3) is 3.51. The summed E-state index contributed by atoms with van der Waals surface area (Å²) in [6.07, 6.45) is 0. The van der Waals surface area contributed by atoms with Crippen molar-refractivity contribution >= 4 is 28.3 Å². The van der Waals surface area contributed by atoms with Crippen molar-refractivity contribution in [3.05, 3.63) is 75.3 Å². The average molecular weight is 390 g/mol. The number of benzene rings is 2. The van der Waals surface area contributed by atoms with Crippen LogP contribution in [0.15, 0.2) is 48.5 Å². The van der Waals surface area contributed by atoms with E-state index in [9.17, 15) is 14.9 Å². The Morgan fingerprint density at radius 2 is 1.72 bits per heavy atom. The highest BCUT2D eigenvalue weighted by Gasteiger charge is 2.27. The van der Waals surface area contributed by atoms with Crippen molar-refractivity contribution in [3.63, 3.8) is 0 Å². The lowest BCUT2D eigenvalue weighted by Gasteiger charge is -2.35. The van der Waals surface area contributed by atoms with Gasteiger partial charge < -0.3 is 9.80 Å². The first-order valence-electron chi connectivity index (χ1n) is 9.60. The van der Waals surface area contributed by atoms with Gasteiger partial charge in [0.25, 0.3) is 11.6 Å². The minimum atomic E-state index is -0.506. The molecule has 0 radical (unpaired) electrons. The second-order valence-electron chi connectivity index (χ2n) is 7.32. The zero-order chi connectivity index (χ0) is 20.5. The lowest BCUT2D eigenvalue weighted by molar-refractivity contribution is -0.385. The molecule has 0 bridgehead atoms.